The largest absolute Gasteiger partial charge is 0.277 e. The van der Waals surface area contributed by atoms with Gasteiger partial charge in [0.2, 0.25) is 0 Å². The molecule has 0 aromatic rings. The monoisotopic (exact) mass is 281 g/mol. The van der Waals surface area contributed by atoms with Crippen LogP contribution >= 0.6 is 0 Å². The number of nitrogens with one attached hydrogen (secondary N) is 1. The molecular formula is C17H35N3. The zero-order valence-electron chi connectivity index (χ0n) is 14.3. The van der Waals surface area contributed by atoms with E-state index in [1.165, 1.54) is 25.7 Å². The van der Waals surface area contributed by atoms with Crippen molar-refractivity contribution in [1.82, 2.24) is 15.1 Å². The number of hydrogen-bond acceptors (Lipinski definition) is 3. The van der Waals surface area contributed by atoms with Gasteiger partial charge in [0.05, 0.1) is 0 Å². The molecule has 1 N–H and O–H groups in total. The Morgan fingerprint density at radius 3 is 1.70 bits per heavy atom. The van der Waals surface area contributed by atoms with Crippen molar-refractivity contribution >= 4 is 0 Å². The van der Waals surface area contributed by atoms with Gasteiger partial charge in [-0.25, -0.2) is 0 Å². The van der Waals surface area contributed by atoms with Crippen LogP contribution in [0.3, 0.4) is 0 Å². The van der Waals surface area contributed by atoms with Gasteiger partial charge in [-0.1, -0.05) is 59.6 Å². The highest BCUT2D eigenvalue weighted by atomic mass is 15.5. The molecule has 0 saturated carbocycles. The molecule has 0 fully saturated rings. The van der Waals surface area contributed by atoms with Crippen LogP contribution in [-0.2, 0) is 0 Å². The van der Waals surface area contributed by atoms with Gasteiger partial charge in [-0.2, -0.15) is 0 Å². The maximum absolute atomic E-state index is 3.91. The third kappa shape index (κ3) is 4.31. The lowest BCUT2D eigenvalue weighted by Crippen LogP contribution is -2.69. The van der Waals surface area contributed by atoms with Gasteiger partial charge in [-0.05, 0) is 39.0 Å². The fraction of sp³-hybridized carbons (Fsp3) is 0.882. The van der Waals surface area contributed by atoms with Crippen molar-refractivity contribution in [2.75, 3.05) is 26.2 Å². The van der Waals surface area contributed by atoms with Gasteiger partial charge in [-0.15, -0.1) is 0 Å². The molecule has 0 atom stereocenters. The third-order valence-corrected chi connectivity index (χ3v) is 4.48. The molecule has 20 heavy (non-hydrogen) atoms. The SMILES string of the molecule is CCCCCC(NC1C=C1)(N(CC)CC)N(CC)CC. The summed E-state index contributed by atoms with van der Waals surface area (Å²) in [5.74, 6) is 0.0241. The van der Waals surface area contributed by atoms with Crippen molar-refractivity contribution in [2.24, 2.45) is 0 Å². The molecular weight excluding hydrogens is 246 g/mol. The van der Waals surface area contributed by atoms with Gasteiger partial charge < -0.3 is 0 Å². The quantitative estimate of drug-likeness (QED) is 0.336. The van der Waals surface area contributed by atoms with Gasteiger partial charge in [0, 0.05) is 6.04 Å². The minimum Gasteiger partial charge on any atom is -0.277 e. The number of nitrogens with zero attached hydrogens (tertiary/aromatic N) is 2. The fourth-order valence-corrected chi connectivity index (χ4v) is 3.30. The molecule has 0 aromatic heterocycles. The summed E-state index contributed by atoms with van der Waals surface area (Å²) < 4.78 is 0. The second-order valence-corrected chi connectivity index (χ2v) is 5.67. The van der Waals surface area contributed by atoms with Crippen molar-refractivity contribution < 1.29 is 0 Å². The van der Waals surface area contributed by atoms with Crippen LogP contribution < -0.4 is 5.32 Å². The highest BCUT2D eigenvalue weighted by Crippen LogP contribution is 2.27. The lowest BCUT2D eigenvalue weighted by Gasteiger charge is -2.51. The standard InChI is InChI=1S/C17H35N3/c1-6-11-12-15-17(18-16-13-14-16,19(7-2)8-3)20(9-4)10-5/h13-14,16,18H,6-12,15H2,1-5H3. The Balaban J connectivity index is 2.93. The highest BCUT2D eigenvalue weighted by molar-refractivity contribution is 5.21. The van der Waals surface area contributed by atoms with E-state index in [4.69, 9.17) is 0 Å². The zero-order chi connectivity index (χ0) is 15.0. The zero-order valence-corrected chi connectivity index (χ0v) is 14.3. The minimum absolute atomic E-state index is 0.0241. The van der Waals surface area contributed by atoms with Crippen LogP contribution in [-0.4, -0.2) is 47.8 Å². The molecule has 1 aliphatic rings. The third-order valence-electron chi connectivity index (χ3n) is 4.48. The van der Waals surface area contributed by atoms with Crippen molar-refractivity contribution in [1.29, 1.82) is 0 Å². The summed E-state index contributed by atoms with van der Waals surface area (Å²) in [6.45, 7) is 15.8. The van der Waals surface area contributed by atoms with Crippen molar-refractivity contribution in [3.05, 3.63) is 12.2 Å². The summed E-state index contributed by atoms with van der Waals surface area (Å²) in [6, 6.07) is 0.498. The molecule has 0 amide bonds. The molecule has 0 bridgehead atoms. The second kappa shape index (κ2) is 8.81. The van der Waals surface area contributed by atoms with Crippen LogP contribution in [0, 0.1) is 0 Å². The fourth-order valence-electron chi connectivity index (χ4n) is 3.30. The Bertz CT molecular complexity index is 262. The first-order valence-corrected chi connectivity index (χ1v) is 8.64. The lowest BCUT2D eigenvalue weighted by atomic mass is 10.0. The predicted octanol–water partition coefficient (Wildman–Crippen LogP) is 3.43. The molecule has 0 radical (unpaired) electrons. The topological polar surface area (TPSA) is 18.5 Å². The molecule has 0 saturated heterocycles. The van der Waals surface area contributed by atoms with E-state index in [-0.39, 0.29) is 5.79 Å². The van der Waals surface area contributed by atoms with Crippen molar-refractivity contribution in [2.45, 2.75) is 72.1 Å². The van der Waals surface area contributed by atoms with Crippen LogP contribution in [0.15, 0.2) is 12.2 Å². The van der Waals surface area contributed by atoms with E-state index in [1.807, 2.05) is 0 Å². The normalized spacial score (nSPS) is 15.6. The van der Waals surface area contributed by atoms with E-state index in [9.17, 15) is 0 Å². The van der Waals surface area contributed by atoms with Crippen LogP contribution in [0.25, 0.3) is 0 Å². The average molecular weight is 281 g/mol. The summed E-state index contributed by atoms with van der Waals surface area (Å²) in [5, 5.41) is 3.91. The van der Waals surface area contributed by atoms with E-state index in [0.717, 1.165) is 26.2 Å². The molecule has 1 rings (SSSR count). The molecule has 1 aliphatic carbocycles. The highest BCUT2D eigenvalue weighted by Gasteiger charge is 2.41. The molecule has 3 heteroatoms. The predicted molar refractivity (Wildman–Crippen MR) is 88.8 cm³/mol. The molecule has 0 heterocycles. The van der Waals surface area contributed by atoms with Crippen LogP contribution in [0.1, 0.15) is 60.3 Å². The first-order chi connectivity index (χ1) is 9.68. The average Bonchev–Trinajstić information content (AvgIpc) is 3.25. The van der Waals surface area contributed by atoms with E-state index < -0.39 is 0 Å². The Labute approximate surface area is 126 Å². The Kier molecular flexibility index (Phi) is 7.78. The van der Waals surface area contributed by atoms with E-state index in [1.54, 1.807) is 0 Å². The summed E-state index contributed by atoms with van der Waals surface area (Å²) in [5.41, 5.74) is 0. The van der Waals surface area contributed by atoms with Gasteiger partial charge >= 0.3 is 0 Å². The first-order valence-electron chi connectivity index (χ1n) is 8.64. The number of unbranched alkanes of at least 4 members (excludes halogenated alkanes) is 2. The van der Waals surface area contributed by atoms with E-state index >= 15 is 0 Å². The Morgan fingerprint density at radius 2 is 1.35 bits per heavy atom. The van der Waals surface area contributed by atoms with Crippen LogP contribution in [0.4, 0.5) is 0 Å². The van der Waals surface area contributed by atoms with E-state index in [0.29, 0.717) is 6.04 Å². The minimum atomic E-state index is 0.0241. The number of rotatable bonds is 12. The van der Waals surface area contributed by atoms with Gasteiger partial charge in [0.15, 0.2) is 0 Å². The Hall–Kier alpha value is -0.380. The smallest absolute Gasteiger partial charge is 0.129 e. The molecule has 3 nitrogen and oxygen atoms in total. The number of hydrogen-bond donors (Lipinski definition) is 1. The Morgan fingerprint density at radius 1 is 0.850 bits per heavy atom. The van der Waals surface area contributed by atoms with Crippen LogP contribution in [0.2, 0.25) is 0 Å². The van der Waals surface area contributed by atoms with Gasteiger partial charge in [-0.3, -0.25) is 15.1 Å². The molecule has 118 valence electrons. The lowest BCUT2D eigenvalue weighted by molar-refractivity contribution is -0.0853. The first kappa shape index (κ1) is 17.7. The molecule has 0 aromatic carbocycles. The van der Waals surface area contributed by atoms with E-state index in [2.05, 4.69) is 61.9 Å². The van der Waals surface area contributed by atoms with Crippen LogP contribution in [0.5, 0.6) is 0 Å². The summed E-state index contributed by atoms with van der Waals surface area (Å²) in [7, 11) is 0. The second-order valence-electron chi connectivity index (χ2n) is 5.67. The van der Waals surface area contributed by atoms with Gasteiger partial charge in [0.25, 0.3) is 0 Å². The maximum Gasteiger partial charge on any atom is 0.129 e. The molecule has 0 spiro atoms. The van der Waals surface area contributed by atoms with Crippen molar-refractivity contribution in [3.63, 3.8) is 0 Å². The molecule has 0 unspecified atom stereocenters. The maximum atomic E-state index is 3.91. The summed E-state index contributed by atoms with van der Waals surface area (Å²) in [6.07, 6.45) is 9.65. The molecule has 0 aliphatic heterocycles. The summed E-state index contributed by atoms with van der Waals surface area (Å²) >= 11 is 0. The van der Waals surface area contributed by atoms with Gasteiger partial charge in [0.1, 0.15) is 5.79 Å². The van der Waals surface area contributed by atoms with Crippen molar-refractivity contribution in [3.8, 4) is 0 Å². The summed E-state index contributed by atoms with van der Waals surface area (Å²) in [4.78, 5) is 5.21.